The first-order valence-corrected chi connectivity index (χ1v) is 59.7. The predicted molar refractivity (Wildman–Crippen MR) is 584 cm³/mol. The Bertz CT molecular complexity index is 5280. The van der Waals surface area contributed by atoms with Crippen LogP contribution in [0.25, 0.3) is 112 Å². The van der Waals surface area contributed by atoms with Crippen LogP contribution in [0.3, 0.4) is 0 Å². The number of thiophene rings is 8. The smallest absolute Gasteiger partial charge is 0.114 e. The molecule has 0 fully saturated rings. The van der Waals surface area contributed by atoms with E-state index in [-0.39, 0.29) is 5.41 Å². The summed E-state index contributed by atoms with van der Waals surface area (Å²) < 4.78 is 10.7. The highest BCUT2D eigenvalue weighted by molar-refractivity contribution is 7.30. The van der Waals surface area contributed by atoms with Crippen molar-refractivity contribution < 1.29 is 0 Å². The molecule has 0 amide bonds. The third kappa shape index (κ3) is 26.2. The molecular formula is C117H160N2S9. The number of aryl methyl sites for hydroxylation is 10. The number of benzene rings is 3. The van der Waals surface area contributed by atoms with Crippen LogP contribution < -0.4 is 0 Å². The van der Waals surface area contributed by atoms with E-state index in [1.807, 2.05) is 22.7 Å². The minimum absolute atomic E-state index is 0.0474. The second kappa shape index (κ2) is 52.8. The van der Waals surface area contributed by atoms with Gasteiger partial charge in [0.05, 0.1) is 11.7 Å². The molecule has 0 atom stereocenters. The normalized spacial score (nSPS) is 12.6. The molecule has 2 nitrogen and oxygen atoms in total. The van der Waals surface area contributed by atoms with E-state index in [0.29, 0.717) is 0 Å². The molecule has 0 saturated heterocycles. The van der Waals surface area contributed by atoms with Gasteiger partial charge in [-0.05, 0) is 256 Å². The van der Waals surface area contributed by atoms with Crippen LogP contribution in [0.5, 0.6) is 0 Å². The topological polar surface area (TPSA) is 25.8 Å². The maximum Gasteiger partial charge on any atom is 0.114 e. The largest absolute Gasteiger partial charge is 0.172 e. The van der Waals surface area contributed by atoms with Gasteiger partial charge in [-0.1, -0.05) is 348 Å². The molecule has 1 aliphatic rings. The minimum atomic E-state index is 0.0474. The van der Waals surface area contributed by atoms with Gasteiger partial charge in [0.1, 0.15) is 11.0 Å². The van der Waals surface area contributed by atoms with Crippen molar-refractivity contribution in [3.63, 3.8) is 0 Å². The van der Waals surface area contributed by atoms with Crippen LogP contribution in [-0.4, -0.2) is 8.75 Å². The van der Waals surface area contributed by atoms with Gasteiger partial charge in [0.25, 0.3) is 0 Å². The van der Waals surface area contributed by atoms with Gasteiger partial charge < -0.3 is 0 Å². The van der Waals surface area contributed by atoms with Crippen molar-refractivity contribution in [3.05, 3.63) is 163 Å². The Labute approximate surface area is 814 Å². The number of hydrogen-bond donors (Lipinski definition) is 0. The van der Waals surface area contributed by atoms with Crippen molar-refractivity contribution in [2.24, 2.45) is 0 Å². The quantitative estimate of drug-likeness (QED) is 0.0355. The van der Waals surface area contributed by atoms with Crippen molar-refractivity contribution in [2.45, 2.75) is 435 Å². The molecule has 11 heteroatoms. The summed E-state index contributed by atoms with van der Waals surface area (Å²) in [5.74, 6) is 0. The fourth-order valence-electron chi connectivity index (χ4n) is 20.6. The average molecular weight is 1880 g/mol. The molecule has 1 aliphatic carbocycles. The SMILES string of the molecule is CCCCCCCCC1(CCCCCCCC)c2cc(C)ccc2-c2ccc(-c3cc(CCCCCC)c(-c4cc(CCCCCC)c(-c5sc(-c6sc(-c7ccc(-c8cc(CCCCCC)c(-c9cc(CCCCCC)c(-c%10sc(-c%11sc(C)cc%11CCCCCC)cc%10CCCCCC)s9)s8)c8nsnc78)cc6CCCCCC)cc5CCCCCC)s4)s3)cc21. The lowest BCUT2D eigenvalue weighted by Crippen LogP contribution is -2.25. The van der Waals surface area contributed by atoms with Crippen molar-refractivity contribution in [2.75, 3.05) is 0 Å². The van der Waals surface area contributed by atoms with E-state index in [2.05, 4.69) is 248 Å². The fraction of sp³-hybridized carbons (Fsp3) is 0.573. The Balaban J connectivity index is 0.883. The van der Waals surface area contributed by atoms with E-state index in [1.54, 1.807) is 68.9 Å². The van der Waals surface area contributed by atoms with E-state index in [0.717, 1.165) is 56.0 Å². The summed E-state index contributed by atoms with van der Waals surface area (Å²) in [6, 6.07) is 41.6. The van der Waals surface area contributed by atoms with Crippen LogP contribution in [-0.2, 0) is 56.8 Å². The summed E-state index contributed by atoms with van der Waals surface area (Å²) >= 11 is 18.3. The number of unbranched alkanes of at least 4 members (excludes halogenated alkanes) is 34. The minimum Gasteiger partial charge on any atom is -0.172 e. The summed E-state index contributed by atoms with van der Waals surface area (Å²) in [5.41, 5.74) is 26.3. The standard InChI is InChI=1S/C117H160N2S9/c1-13-23-33-43-45-55-71-117(72-56-46-44-34-24-14-2)98-73-83(11)65-67-94(98)95-68-66-85(75-99(95)117)100-76-87(58-48-36-26-16-4)110(121-100)104-80-91(62-52-40-30-20-8)115(125-104)116-93(64-54-42-32-22-10)82-106(127-116)112-89(60-50-38-28-18-6)78-102(123-112)97-70-69-96(107-108(97)119-128-118-107)101-77-88(59-49-37-27-17-5)111(122-101)105-81-92(63-53-41-31-21-9)114(126-105)113-90(61-51-39-29-19-7)79-103(124-113)109-86(74-84(12)120-109)57-47-35-25-15-3/h65-70,73-82H,13-64,71-72H2,1-12H3. The zero-order valence-electron chi connectivity index (χ0n) is 81.5. The molecule has 0 radical (unpaired) electrons. The number of nitrogens with zero attached hydrogens (tertiary/aromatic N) is 2. The summed E-state index contributed by atoms with van der Waals surface area (Å²) in [7, 11) is 0. The first-order valence-electron chi connectivity index (χ1n) is 52.4. The van der Waals surface area contributed by atoms with Gasteiger partial charge in [0, 0.05) is 94.6 Å². The molecule has 0 N–H and O–H groups in total. The van der Waals surface area contributed by atoms with Gasteiger partial charge in [-0.15, -0.1) is 90.7 Å². The zero-order valence-corrected chi connectivity index (χ0v) is 88.8. The second-order valence-corrected chi connectivity index (χ2v) is 47.7. The first-order chi connectivity index (χ1) is 62.9. The monoisotopic (exact) mass is 1880 g/mol. The lowest BCUT2D eigenvalue weighted by molar-refractivity contribution is 0.398. The van der Waals surface area contributed by atoms with Crippen LogP contribution in [0.15, 0.2) is 97.1 Å². The summed E-state index contributed by atoms with van der Waals surface area (Å²) in [6.07, 6.45) is 68.4. The zero-order chi connectivity index (χ0) is 89.4. The van der Waals surface area contributed by atoms with Gasteiger partial charge in [-0.25, -0.2) is 0 Å². The van der Waals surface area contributed by atoms with Gasteiger partial charge in [0.15, 0.2) is 0 Å². The van der Waals surface area contributed by atoms with Crippen molar-refractivity contribution in [1.29, 1.82) is 0 Å². The first kappa shape index (κ1) is 101. The Kier molecular flexibility index (Phi) is 41.5. The van der Waals surface area contributed by atoms with E-state index in [9.17, 15) is 0 Å². The summed E-state index contributed by atoms with van der Waals surface area (Å²) in [5, 5.41) is 0. The lowest BCUT2D eigenvalue weighted by atomic mass is 9.70. The van der Waals surface area contributed by atoms with Gasteiger partial charge >= 0.3 is 0 Å². The molecule has 9 aromatic heterocycles. The molecule has 12 aromatic rings. The molecule has 128 heavy (non-hydrogen) atoms. The van der Waals surface area contributed by atoms with Gasteiger partial charge in [-0.2, -0.15) is 8.75 Å². The highest BCUT2D eigenvalue weighted by Crippen LogP contribution is 2.59. The molecule has 13 rings (SSSR count). The maximum atomic E-state index is 5.37. The Morgan fingerprint density at radius 3 is 0.812 bits per heavy atom. The van der Waals surface area contributed by atoms with Crippen LogP contribution >= 0.6 is 102 Å². The Morgan fingerprint density at radius 1 is 0.219 bits per heavy atom. The van der Waals surface area contributed by atoms with E-state index < -0.39 is 0 Å². The van der Waals surface area contributed by atoms with Crippen LogP contribution in [0.1, 0.15) is 431 Å². The number of rotatable bonds is 63. The Morgan fingerprint density at radius 2 is 0.469 bits per heavy atom. The fourth-order valence-corrected chi connectivity index (χ4v) is 31.7. The molecule has 692 valence electrons. The molecular weight excluding hydrogens is 1720 g/mol. The molecule has 0 bridgehead atoms. The van der Waals surface area contributed by atoms with Crippen molar-refractivity contribution in [1.82, 2.24) is 8.75 Å². The average Bonchev–Trinajstić information content (AvgIpc) is 1.56. The molecule has 3 aromatic carbocycles. The molecule has 0 aliphatic heterocycles. The van der Waals surface area contributed by atoms with E-state index in [1.165, 1.54) is 412 Å². The highest BCUT2D eigenvalue weighted by atomic mass is 32.1. The van der Waals surface area contributed by atoms with Crippen LogP contribution in [0.2, 0.25) is 0 Å². The van der Waals surface area contributed by atoms with Crippen molar-refractivity contribution >= 4 is 113 Å². The lowest BCUT2D eigenvalue weighted by Gasteiger charge is -2.33. The van der Waals surface area contributed by atoms with E-state index >= 15 is 0 Å². The van der Waals surface area contributed by atoms with Crippen LogP contribution in [0.4, 0.5) is 0 Å². The molecule has 9 heterocycles. The Hall–Kier alpha value is -4.92. The van der Waals surface area contributed by atoms with Gasteiger partial charge in [-0.3, -0.25) is 0 Å². The van der Waals surface area contributed by atoms with E-state index in [4.69, 9.17) is 8.75 Å². The highest BCUT2D eigenvalue weighted by Gasteiger charge is 2.43. The third-order valence-electron chi connectivity index (χ3n) is 28.0. The summed E-state index contributed by atoms with van der Waals surface area (Å²) in [6.45, 7) is 28.3. The number of hydrogen-bond acceptors (Lipinski definition) is 11. The van der Waals surface area contributed by atoms with Crippen LogP contribution in [0, 0.1) is 13.8 Å². The molecule has 0 spiro atoms. The number of fused-ring (bicyclic) bond motifs is 4. The maximum absolute atomic E-state index is 5.37. The predicted octanol–water partition coefficient (Wildman–Crippen LogP) is 42.6. The van der Waals surface area contributed by atoms with Crippen molar-refractivity contribution in [3.8, 4) is 101 Å². The third-order valence-corrected chi connectivity index (χ3v) is 39.0. The number of aromatic nitrogens is 2. The molecule has 0 saturated carbocycles. The second-order valence-electron chi connectivity index (χ2n) is 38.5. The van der Waals surface area contributed by atoms with Gasteiger partial charge in [0.2, 0.25) is 0 Å². The summed E-state index contributed by atoms with van der Waals surface area (Å²) in [4.78, 5) is 23.8. The molecule has 0 unspecified atom stereocenters.